The van der Waals surface area contributed by atoms with Gasteiger partial charge in [0, 0.05) is 32.6 Å². The Balaban J connectivity index is 0.000000231. The van der Waals surface area contributed by atoms with Gasteiger partial charge in [0.1, 0.15) is 11.5 Å². The van der Waals surface area contributed by atoms with Crippen LogP contribution in [0, 0.1) is 23.7 Å². The largest absolute Gasteiger partial charge is 0.481 e. The third kappa shape index (κ3) is 11.8. The summed E-state index contributed by atoms with van der Waals surface area (Å²) >= 11 is 7.04. The maximum atomic E-state index is 12.8. The molecular formula is C49H50Br2N2O8. The summed E-state index contributed by atoms with van der Waals surface area (Å²) in [5.74, 6) is 11.1. The number of carbonyl (C=O) groups excluding carboxylic acids is 3. The monoisotopic (exact) mass is 952 g/mol. The van der Waals surface area contributed by atoms with Gasteiger partial charge >= 0.3 is 11.9 Å². The Bertz CT molecular complexity index is 2390. The number of methoxy groups -OCH3 is 1. The van der Waals surface area contributed by atoms with Crippen LogP contribution >= 0.6 is 31.9 Å². The minimum atomic E-state index is -0.889. The van der Waals surface area contributed by atoms with Gasteiger partial charge in [-0.2, -0.15) is 0 Å². The predicted molar refractivity (Wildman–Crippen MR) is 244 cm³/mol. The highest BCUT2D eigenvalue weighted by molar-refractivity contribution is 9.10. The lowest BCUT2D eigenvalue weighted by Gasteiger charge is -2.38. The average molecular weight is 955 g/mol. The van der Waals surface area contributed by atoms with Crippen molar-refractivity contribution in [3.05, 3.63) is 116 Å². The Morgan fingerprint density at radius 2 is 1.07 bits per heavy atom. The zero-order chi connectivity index (χ0) is 44.5. The molecule has 0 saturated carbocycles. The van der Waals surface area contributed by atoms with Gasteiger partial charge in [-0.05, 0) is 96.8 Å². The number of amides is 2. The van der Waals surface area contributed by atoms with Crippen LogP contribution in [0.3, 0.4) is 0 Å². The van der Waals surface area contributed by atoms with Gasteiger partial charge in [0.15, 0.2) is 13.5 Å². The summed E-state index contributed by atoms with van der Waals surface area (Å²) in [6, 6.07) is 26.5. The Kier molecular flexibility index (Phi) is 15.5. The Morgan fingerprint density at radius 1 is 0.672 bits per heavy atom. The number of esters is 1. The number of carboxylic acids is 1. The van der Waals surface area contributed by atoms with Gasteiger partial charge in [-0.15, -0.1) is 11.8 Å². The molecule has 2 aliphatic heterocycles. The third-order valence-corrected chi connectivity index (χ3v) is 11.6. The summed E-state index contributed by atoms with van der Waals surface area (Å²) in [6.07, 6.45) is 0.975. The first-order valence-corrected chi connectivity index (χ1v) is 21.3. The molecule has 0 fully saturated rings. The molecule has 2 heterocycles. The molecule has 0 saturated heterocycles. The van der Waals surface area contributed by atoms with Gasteiger partial charge in [-0.1, -0.05) is 95.7 Å². The third-order valence-electron chi connectivity index (χ3n) is 10.6. The molecule has 0 radical (unpaired) electrons. The van der Waals surface area contributed by atoms with Gasteiger partial charge in [-0.25, -0.2) is 0 Å². The van der Waals surface area contributed by atoms with Crippen LogP contribution in [0.4, 0.5) is 11.4 Å². The molecule has 61 heavy (non-hydrogen) atoms. The molecule has 4 aromatic carbocycles. The van der Waals surface area contributed by atoms with E-state index in [1.807, 2.05) is 60.7 Å². The SMILES string of the molecule is CC#CC(CC(=O)O)c1ccc(OCN2C(=O)CC(C)(C)c3cc(Br)ccc32)cc1.CC#CC(CC(=O)OC)c1ccc(OCN2C(=O)CC(C)(C)c3cc(Br)ccc32)cc1. The second-order valence-electron chi connectivity index (χ2n) is 16.0. The Hall–Kier alpha value is -5.56. The lowest BCUT2D eigenvalue weighted by molar-refractivity contribution is -0.141. The maximum Gasteiger partial charge on any atom is 0.307 e. The van der Waals surface area contributed by atoms with Crippen LogP contribution in [0.15, 0.2) is 93.9 Å². The van der Waals surface area contributed by atoms with E-state index in [4.69, 9.17) is 19.3 Å². The van der Waals surface area contributed by atoms with Crippen LogP contribution in [0.1, 0.15) is 101 Å². The maximum absolute atomic E-state index is 12.8. The number of hydrogen-bond donors (Lipinski definition) is 1. The molecule has 1 N–H and O–H groups in total. The van der Waals surface area contributed by atoms with Crippen molar-refractivity contribution >= 4 is 67.0 Å². The summed E-state index contributed by atoms with van der Waals surface area (Å²) in [5, 5.41) is 9.08. The first-order chi connectivity index (χ1) is 29.0. The number of rotatable bonds is 12. The fourth-order valence-corrected chi connectivity index (χ4v) is 8.13. The molecule has 2 amide bonds. The number of aliphatic carboxylic acids is 1. The lowest BCUT2D eigenvalue weighted by Crippen LogP contribution is -2.43. The summed E-state index contributed by atoms with van der Waals surface area (Å²) in [7, 11) is 1.37. The van der Waals surface area contributed by atoms with Crippen LogP contribution < -0.4 is 19.3 Å². The number of halogens is 2. The zero-order valence-electron chi connectivity index (χ0n) is 35.4. The quantitative estimate of drug-likeness (QED) is 0.110. The number of carboxylic acid groups (broad SMARTS) is 1. The van der Waals surface area contributed by atoms with Crippen LogP contribution in [0.2, 0.25) is 0 Å². The minimum absolute atomic E-state index is 0.0196. The van der Waals surface area contributed by atoms with Gasteiger partial charge < -0.3 is 19.3 Å². The number of carbonyl (C=O) groups is 4. The molecule has 2 unspecified atom stereocenters. The van der Waals surface area contributed by atoms with Crippen molar-refractivity contribution in [2.24, 2.45) is 0 Å². The average Bonchev–Trinajstić information content (AvgIpc) is 3.21. The Morgan fingerprint density at radius 3 is 1.43 bits per heavy atom. The smallest absolute Gasteiger partial charge is 0.307 e. The number of fused-ring (bicyclic) bond motifs is 2. The number of anilines is 2. The molecule has 0 aliphatic carbocycles. The highest BCUT2D eigenvalue weighted by atomic mass is 79.9. The fourth-order valence-electron chi connectivity index (χ4n) is 7.41. The van der Waals surface area contributed by atoms with E-state index in [0.29, 0.717) is 24.3 Å². The first-order valence-electron chi connectivity index (χ1n) is 19.8. The van der Waals surface area contributed by atoms with Gasteiger partial charge in [-0.3, -0.25) is 29.0 Å². The summed E-state index contributed by atoms with van der Waals surface area (Å²) in [4.78, 5) is 51.6. The van der Waals surface area contributed by atoms with Crippen molar-refractivity contribution in [1.29, 1.82) is 0 Å². The summed E-state index contributed by atoms with van der Waals surface area (Å²) in [6.45, 7) is 12.0. The van der Waals surface area contributed by atoms with E-state index in [1.165, 1.54) is 7.11 Å². The number of hydrogen-bond acceptors (Lipinski definition) is 7. The zero-order valence-corrected chi connectivity index (χ0v) is 38.6. The Labute approximate surface area is 375 Å². The minimum Gasteiger partial charge on any atom is -0.481 e. The van der Waals surface area contributed by atoms with Gasteiger partial charge in [0.05, 0.1) is 43.2 Å². The van der Waals surface area contributed by atoms with E-state index >= 15 is 0 Å². The molecule has 2 aliphatic rings. The van der Waals surface area contributed by atoms with Crippen LogP contribution in [-0.2, 0) is 34.7 Å². The van der Waals surface area contributed by atoms with E-state index in [1.54, 1.807) is 35.8 Å². The molecule has 10 nitrogen and oxygen atoms in total. The topological polar surface area (TPSA) is 123 Å². The number of nitrogens with zero attached hydrogens (tertiary/aromatic N) is 2. The summed E-state index contributed by atoms with van der Waals surface area (Å²) in [5.41, 5.74) is 5.21. The van der Waals surface area contributed by atoms with Crippen molar-refractivity contribution in [3.63, 3.8) is 0 Å². The van der Waals surface area contributed by atoms with Crippen molar-refractivity contribution in [2.75, 3.05) is 30.4 Å². The fraction of sp³-hybridized carbons (Fsp3) is 0.347. The number of ether oxygens (including phenoxy) is 3. The second kappa shape index (κ2) is 20.3. The van der Waals surface area contributed by atoms with Crippen molar-refractivity contribution in [1.82, 2.24) is 0 Å². The van der Waals surface area contributed by atoms with E-state index in [9.17, 15) is 19.2 Å². The molecule has 2 atom stereocenters. The van der Waals surface area contributed by atoms with Crippen LogP contribution in [-0.4, -0.2) is 49.4 Å². The van der Waals surface area contributed by atoms with Crippen LogP contribution in [0.25, 0.3) is 0 Å². The van der Waals surface area contributed by atoms with Crippen molar-refractivity contribution in [3.8, 4) is 35.2 Å². The second-order valence-corrected chi connectivity index (χ2v) is 17.9. The molecule has 318 valence electrons. The molecule has 12 heteroatoms. The molecule has 6 rings (SSSR count). The molecule has 4 aromatic rings. The standard InChI is InChI=1S/C25H26BrNO4.C24H24BrNO4/c1-5-6-18(13-24(29)30-4)17-7-10-20(11-8-17)31-16-27-22-12-9-19(26)14-21(22)25(2,3)15-23(27)28;1-4-5-17(12-23(28)29)16-6-9-19(10-7-16)30-15-26-21-11-8-18(25)13-20(21)24(2,3)14-22(26)27/h7-12,14,18H,13,15-16H2,1-4H3;6-11,13,17H,12,14-15H2,1-3H3,(H,28,29). The number of benzene rings is 4. The van der Waals surface area contributed by atoms with Crippen molar-refractivity contribution in [2.45, 2.75) is 89.9 Å². The molecule has 0 aromatic heterocycles. The van der Waals surface area contributed by atoms with E-state index < -0.39 is 5.97 Å². The summed E-state index contributed by atoms with van der Waals surface area (Å²) < 4.78 is 18.6. The predicted octanol–water partition coefficient (Wildman–Crippen LogP) is 10.3. The highest BCUT2D eigenvalue weighted by Crippen LogP contribution is 2.43. The first kappa shape index (κ1) is 46.5. The highest BCUT2D eigenvalue weighted by Gasteiger charge is 2.38. The van der Waals surface area contributed by atoms with Crippen molar-refractivity contribution < 1.29 is 38.5 Å². The van der Waals surface area contributed by atoms with E-state index in [-0.39, 0.29) is 66.8 Å². The van der Waals surface area contributed by atoms with Gasteiger partial charge in [0.2, 0.25) is 11.8 Å². The molecule has 0 bridgehead atoms. The van der Waals surface area contributed by atoms with E-state index in [0.717, 1.165) is 42.6 Å². The van der Waals surface area contributed by atoms with Crippen LogP contribution in [0.5, 0.6) is 11.5 Å². The lowest BCUT2D eigenvalue weighted by atomic mass is 9.77. The normalized spacial score (nSPS) is 15.5. The molecule has 0 spiro atoms. The van der Waals surface area contributed by atoms with E-state index in [2.05, 4.69) is 95.4 Å². The van der Waals surface area contributed by atoms with Gasteiger partial charge in [0.25, 0.3) is 0 Å². The molecular weight excluding hydrogens is 904 g/mol.